The summed E-state index contributed by atoms with van der Waals surface area (Å²) in [6, 6.07) is 16.8. The number of nitrogens with one attached hydrogen (secondary N) is 1. The molecule has 3 aromatic carbocycles. The van der Waals surface area contributed by atoms with Gasteiger partial charge in [0.1, 0.15) is 12.6 Å². The van der Waals surface area contributed by atoms with Gasteiger partial charge in [0.25, 0.3) is 10.0 Å². The first-order valence-electron chi connectivity index (χ1n) is 13.4. The zero-order valence-electron chi connectivity index (χ0n) is 22.8. The van der Waals surface area contributed by atoms with Crippen LogP contribution in [0.1, 0.15) is 43.7 Å². The summed E-state index contributed by atoms with van der Waals surface area (Å²) in [4.78, 5) is 28.8. The average Bonchev–Trinajstić information content (AvgIpc) is 3.46. The van der Waals surface area contributed by atoms with E-state index < -0.39 is 28.5 Å². The molecule has 1 atom stereocenters. The molecule has 1 aliphatic rings. The molecule has 0 saturated heterocycles. The van der Waals surface area contributed by atoms with E-state index in [1.807, 2.05) is 0 Å². The topological polar surface area (TPSA) is 86.8 Å². The molecule has 3 aromatic rings. The van der Waals surface area contributed by atoms with Crippen LogP contribution in [0.15, 0.2) is 71.6 Å². The van der Waals surface area contributed by atoms with Crippen LogP contribution in [0.25, 0.3) is 0 Å². The Morgan fingerprint density at radius 2 is 1.59 bits per heavy atom. The summed E-state index contributed by atoms with van der Waals surface area (Å²) >= 11 is 19.2. The normalized spacial score (nSPS) is 14.5. The molecule has 2 amide bonds. The molecule has 41 heavy (non-hydrogen) atoms. The number of halogens is 3. The fourth-order valence-corrected chi connectivity index (χ4v) is 7.09. The summed E-state index contributed by atoms with van der Waals surface area (Å²) in [5.74, 6) is -0.932. The summed E-state index contributed by atoms with van der Waals surface area (Å²) in [5.41, 5.74) is 1.32. The second-order valence-electron chi connectivity index (χ2n) is 10.1. The fraction of sp³-hybridized carbons (Fsp3) is 0.333. The summed E-state index contributed by atoms with van der Waals surface area (Å²) in [5, 5.41) is 4.02. The number of sulfonamides is 1. The lowest BCUT2D eigenvalue weighted by Gasteiger charge is -2.33. The number of anilines is 1. The highest BCUT2D eigenvalue weighted by molar-refractivity contribution is 7.92. The summed E-state index contributed by atoms with van der Waals surface area (Å²) in [6.45, 7) is 2.68. The van der Waals surface area contributed by atoms with E-state index in [0.29, 0.717) is 26.2 Å². The number of carbonyl (C=O) groups is 2. The average molecular weight is 637 g/mol. The van der Waals surface area contributed by atoms with Crippen molar-refractivity contribution in [1.29, 1.82) is 0 Å². The Labute approximate surface area is 256 Å². The quantitative estimate of drug-likeness (QED) is 0.271. The van der Waals surface area contributed by atoms with Crippen molar-refractivity contribution >= 4 is 62.3 Å². The molecule has 0 spiro atoms. The van der Waals surface area contributed by atoms with Crippen molar-refractivity contribution in [2.24, 2.45) is 0 Å². The highest BCUT2D eigenvalue weighted by Crippen LogP contribution is 2.31. The van der Waals surface area contributed by atoms with Crippen LogP contribution >= 0.6 is 34.8 Å². The number of carbonyl (C=O) groups excluding carboxylic acids is 2. The van der Waals surface area contributed by atoms with Crippen LogP contribution in [0.5, 0.6) is 0 Å². The smallest absolute Gasteiger partial charge is 0.264 e. The molecule has 7 nitrogen and oxygen atoms in total. The van der Waals surface area contributed by atoms with E-state index in [1.54, 1.807) is 62.4 Å². The summed E-state index contributed by atoms with van der Waals surface area (Å²) in [7, 11) is -4.20. The number of amides is 2. The van der Waals surface area contributed by atoms with E-state index >= 15 is 0 Å². The zero-order valence-corrected chi connectivity index (χ0v) is 25.9. The van der Waals surface area contributed by atoms with E-state index in [2.05, 4.69) is 5.32 Å². The molecule has 1 fully saturated rings. The SMILES string of the molecule is Cc1ccc(Cl)cc1N(CC(=O)N(Cc1c(Cl)cccc1Cl)[C@@H](C)C(=O)NC1CCCC1)S(=O)(=O)c1ccccc1. The molecule has 0 aliphatic heterocycles. The number of hydrogen-bond donors (Lipinski definition) is 1. The molecule has 0 bridgehead atoms. The molecule has 0 radical (unpaired) electrons. The molecule has 11 heteroatoms. The highest BCUT2D eigenvalue weighted by atomic mass is 35.5. The Morgan fingerprint density at radius 3 is 2.22 bits per heavy atom. The van der Waals surface area contributed by atoms with Crippen LogP contribution in [0.2, 0.25) is 15.1 Å². The van der Waals surface area contributed by atoms with Crippen LogP contribution in [-0.2, 0) is 26.2 Å². The number of aryl methyl sites for hydroxylation is 1. The van der Waals surface area contributed by atoms with Gasteiger partial charge in [0.2, 0.25) is 11.8 Å². The molecule has 0 unspecified atom stereocenters. The Hall–Kier alpha value is -2.78. The number of nitrogens with zero attached hydrogens (tertiary/aromatic N) is 2. The minimum absolute atomic E-state index is 0.0138. The van der Waals surface area contributed by atoms with Crippen LogP contribution in [0.4, 0.5) is 5.69 Å². The minimum Gasteiger partial charge on any atom is -0.352 e. The minimum atomic E-state index is -4.20. The molecule has 1 N–H and O–H groups in total. The first-order chi connectivity index (χ1) is 19.5. The van der Waals surface area contributed by atoms with Crippen LogP contribution in [0.3, 0.4) is 0 Å². The number of rotatable bonds is 10. The second kappa shape index (κ2) is 13.5. The van der Waals surface area contributed by atoms with Gasteiger partial charge in [-0.15, -0.1) is 0 Å². The van der Waals surface area contributed by atoms with Crippen LogP contribution in [0, 0.1) is 6.92 Å². The van der Waals surface area contributed by atoms with Gasteiger partial charge < -0.3 is 10.2 Å². The Balaban J connectivity index is 1.74. The third-order valence-corrected chi connectivity index (χ3v) is 10.0. The third-order valence-electron chi connectivity index (χ3n) is 7.31. The van der Waals surface area contributed by atoms with E-state index in [9.17, 15) is 18.0 Å². The summed E-state index contributed by atoms with van der Waals surface area (Å²) in [6.07, 6.45) is 3.81. The van der Waals surface area contributed by atoms with Gasteiger partial charge in [-0.1, -0.05) is 78.0 Å². The molecule has 1 saturated carbocycles. The van der Waals surface area contributed by atoms with Crippen molar-refractivity contribution in [1.82, 2.24) is 10.2 Å². The van der Waals surface area contributed by atoms with Crippen molar-refractivity contribution in [2.45, 2.75) is 63.1 Å². The maximum absolute atomic E-state index is 14.1. The van der Waals surface area contributed by atoms with Crippen molar-refractivity contribution in [2.75, 3.05) is 10.8 Å². The molecule has 218 valence electrons. The first kappa shape index (κ1) is 31.2. The predicted octanol–water partition coefficient (Wildman–Crippen LogP) is 6.63. The van der Waals surface area contributed by atoms with E-state index in [-0.39, 0.29) is 29.1 Å². The van der Waals surface area contributed by atoms with Gasteiger partial charge in [-0.05, 0) is 68.7 Å². The maximum Gasteiger partial charge on any atom is 0.264 e. The van der Waals surface area contributed by atoms with E-state index in [4.69, 9.17) is 34.8 Å². The molecular weight excluding hydrogens is 605 g/mol. The molecular formula is C30H32Cl3N3O4S. The standard InChI is InChI=1S/C30H32Cl3N3O4S/c1-20-15-16-22(31)17-28(20)36(41(39,40)24-11-4-3-5-12-24)19-29(37)35(18-25-26(32)13-8-14-27(25)33)21(2)30(38)34-23-9-6-7-10-23/h3-5,8,11-17,21,23H,6-7,9-10,18-19H2,1-2H3,(H,34,38)/t21-/m0/s1. The lowest BCUT2D eigenvalue weighted by atomic mass is 10.1. The number of benzene rings is 3. The van der Waals surface area contributed by atoms with Crippen LogP contribution < -0.4 is 9.62 Å². The van der Waals surface area contributed by atoms with Crippen molar-refractivity contribution in [3.05, 3.63) is 92.9 Å². The number of hydrogen-bond acceptors (Lipinski definition) is 4. The van der Waals surface area contributed by atoms with Crippen molar-refractivity contribution in [3.8, 4) is 0 Å². The zero-order chi connectivity index (χ0) is 29.7. The second-order valence-corrected chi connectivity index (χ2v) is 13.3. The first-order valence-corrected chi connectivity index (χ1v) is 15.9. The van der Waals surface area contributed by atoms with Gasteiger partial charge in [-0.25, -0.2) is 8.42 Å². The Kier molecular flexibility index (Phi) is 10.2. The van der Waals surface area contributed by atoms with Crippen LogP contribution in [-0.4, -0.2) is 43.8 Å². The molecule has 1 aliphatic carbocycles. The van der Waals surface area contributed by atoms with Crippen molar-refractivity contribution in [3.63, 3.8) is 0 Å². The van der Waals surface area contributed by atoms with Gasteiger partial charge in [-0.3, -0.25) is 13.9 Å². The van der Waals surface area contributed by atoms with Gasteiger partial charge in [0.05, 0.1) is 10.6 Å². The predicted molar refractivity (Wildman–Crippen MR) is 164 cm³/mol. The molecule has 0 aromatic heterocycles. The fourth-order valence-electron chi connectivity index (χ4n) is 4.91. The molecule has 4 rings (SSSR count). The third kappa shape index (κ3) is 7.36. The van der Waals surface area contributed by atoms with E-state index in [0.717, 1.165) is 30.0 Å². The van der Waals surface area contributed by atoms with Gasteiger partial charge >= 0.3 is 0 Å². The van der Waals surface area contributed by atoms with E-state index in [1.165, 1.54) is 23.1 Å². The Morgan fingerprint density at radius 1 is 0.951 bits per heavy atom. The largest absolute Gasteiger partial charge is 0.352 e. The maximum atomic E-state index is 14.1. The lowest BCUT2D eigenvalue weighted by Crippen LogP contribution is -2.52. The van der Waals surface area contributed by atoms with Gasteiger partial charge in [0.15, 0.2) is 0 Å². The molecule has 0 heterocycles. The van der Waals surface area contributed by atoms with Crippen molar-refractivity contribution < 1.29 is 18.0 Å². The lowest BCUT2D eigenvalue weighted by molar-refractivity contribution is -0.139. The Bertz CT molecular complexity index is 1490. The monoisotopic (exact) mass is 635 g/mol. The van der Waals surface area contributed by atoms with Gasteiger partial charge in [0, 0.05) is 33.2 Å². The summed E-state index contributed by atoms with van der Waals surface area (Å²) < 4.78 is 28.9. The highest BCUT2D eigenvalue weighted by Gasteiger charge is 2.34. The van der Waals surface area contributed by atoms with Gasteiger partial charge in [-0.2, -0.15) is 0 Å².